The largest absolute Gasteiger partial charge is 0.388 e. The molecule has 0 aromatic heterocycles. The lowest BCUT2D eigenvalue weighted by Gasteiger charge is -2.37. The SMILES string of the molecule is CNc1ccccc1C1C(=O)NCCN1CC(O)c1ccccc1. The van der Waals surface area contributed by atoms with Gasteiger partial charge in [0.15, 0.2) is 0 Å². The van der Waals surface area contributed by atoms with Crippen molar-refractivity contribution in [2.45, 2.75) is 12.1 Å². The first-order valence-corrected chi connectivity index (χ1v) is 8.22. The topological polar surface area (TPSA) is 64.6 Å². The highest BCUT2D eigenvalue weighted by atomic mass is 16.3. The van der Waals surface area contributed by atoms with Crippen LogP contribution in [0.2, 0.25) is 0 Å². The van der Waals surface area contributed by atoms with E-state index in [-0.39, 0.29) is 5.91 Å². The van der Waals surface area contributed by atoms with E-state index < -0.39 is 12.1 Å². The van der Waals surface area contributed by atoms with Crippen LogP contribution in [-0.4, -0.2) is 42.6 Å². The number of benzene rings is 2. The average Bonchev–Trinajstić information content (AvgIpc) is 2.62. The van der Waals surface area contributed by atoms with E-state index in [1.165, 1.54) is 0 Å². The average molecular weight is 325 g/mol. The summed E-state index contributed by atoms with van der Waals surface area (Å²) in [7, 11) is 1.85. The van der Waals surface area contributed by atoms with Gasteiger partial charge in [-0.2, -0.15) is 0 Å². The van der Waals surface area contributed by atoms with Crippen LogP contribution in [-0.2, 0) is 4.79 Å². The summed E-state index contributed by atoms with van der Waals surface area (Å²) in [6.45, 7) is 1.72. The molecule has 2 aromatic carbocycles. The summed E-state index contributed by atoms with van der Waals surface area (Å²) in [6.07, 6.45) is -0.624. The number of nitrogens with one attached hydrogen (secondary N) is 2. The van der Waals surface area contributed by atoms with E-state index in [1.807, 2.05) is 66.5 Å². The fourth-order valence-electron chi connectivity index (χ4n) is 3.21. The van der Waals surface area contributed by atoms with Crippen LogP contribution < -0.4 is 10.6 Å². The highest BCUT2D eigenvalue weighted by Gasteiger charge is 2.33. The summed E-state index contributed by atoms with van der Waals surface area (Å²) in [5.74, 6) is -0.0239. The zero-order valence-electron chi connectivity index (χ0n) is 13.8. The van der Waals surface area contributed by atoms with Crippen molar-refractivity contribution in [2.24, 2.45) is 0 Å². The number of nitrogens with zero attached hydrogens (tertiary/aromatic N) is 1. The Morgan fingerprint density at radius 2 is 1.92 bits per heavy atom. The van der Waals surface area contributed by atoms with Gasteiger partial charge in [0.2, 0.25) is 5.91 Å². The van der Waals surface area contributed by atoms with Crippen LogP contribution >= 0.6 is 0 Å². The molecule has 126 valence electrons. The van der Waals surface area contributed by atoms with Gasteiger partial charge in [0.05, 0.1) is 6.10 Å². The van der Waals surface area contributed by atoms with Crippen molar-refractivity contribution in [3.8, 4) is 0 Å². The van der Waals surface area contributed by atoms with Crippen molar-refractivity contribution in [3.63, 3.8) is 0 Å². The predicted octanol–water partition coefficient (Wildman–Crippen LogP) is 1.93. The van der Waals surface area contributed by atoms with Crippen LogP contribution in [0.1, 0.15) is 23.3 Å². The third kappa shape index (κ3) is 3.42. The van der Waals surface area contributed by atoms with E-state index in [4.69, 9.17) is 0 Å². The van der Waals surface area contributed by atoms with Gasteiger partial charge in [0.25, 0.3) is 0 Å². The number of amides is 1. The molecular formula is C19H23N3O2. The first-order chi connectivity index (χ1) is 11.7. The summed E-state index contributed by atoms with van der Waals surface area (Å²) in [5, 5.41) is 16.6. The van der Waals surface area contributed by atoms with Crippen LogP contribution in [0.15, 0.2) is 54.6 Å². The highest BCUT2D eigenvalue weighted by Crippen LogP contribution is 2.30. The summed E-state index contributed by atoms with van der Waals surface area (Å²) < 4.78 is 0. The number of anilines is 1. The van der Waals surface area contributed by atoms with Crippen molar-refractivity contribution < 1.29 is 9.90 Å². The molecule has 0 radical (unpaired) electrons. The second-order valence-corrected chi connectivity index (χ2v) is 5.95. The standard InChI is InChI=1S/C19H23N3O2/c1-20-16-10-6-5-9-15(16)18-19(24)21-11-12-22(18)13-17(23)14-7-3-2-4-8-14/h2-10,17-18,20,23H,11-13H2,1H3,(H,21,24). The Morgan fingerprint density at radius 1 is 1.21 bits per heavy atom. The molecule has 1 fully saturated rings. The number of carbonyl (C=O) groups is 1. The Labute approximate surface area is 142 Å². The van der Waals surface area contributed by atoms with E-state index >= 15 is 0 Å². The van der Waals surface area contributed by atoms with Gasteiger partial charge in [-0.1, -0.05) is 48.5 Å². The first-order valence-electron chi connectivity index (χ1n) is 8.22. The van der Waals surface area contributed by atoms with Crippen molar-refractivity contribution in [1.29, 1.82) is 0 Å². The Kier molecular flexibility index (Phi) is 5.13. The minimum Gasteiger partial charge on any atom is -0.388 e. The third-order valence-corrected chi connectivity index (χ3v) is 4.43. The predicted molar refractivity (Wildman–Crippen MR) is 94.7 cm³/mol. The molecule has 3 N–H and O–H groups in total. The van der Waals surface area contributed by atoms with Crippen molar-refractivity contribution in [3.05, 3.63) is 65.7 Å². The minimum absolute atomic E-state index is 0.0239. The molecule has 1 heterocycles. The smallest absolute Gasteiger partial charge is 0.242 e. The molecule has 2 aromatic rings. The maximum Gasteiger partial charge on any atom is 0.242 e. The molecule has 0 bridgehead atoms. The van der Waals surface area contributed by atoms with Crippen LogP contribution in [0.25, 0.3) is 0 Å². The van der Waals surface area contributed by atoms with E-state index in [0.717, 1.165) is 16.8 Å². The fraction of sp³-hybridized carbons (Fsp3) is 0.316. The Bertz CT molecular complexity index is 690. The van der Waals surface area contributed by atoms with Gasteiger partial charge in [-0.25, -0.2) is 0 Å². The molecule has 3 rings (SSSR count). The molecular weight excluding hydrogens is 302 g/mol. The molecule has 0 aliphatic carbocycles. The number of hydrogen-bond donors (Lipinski definition) is 3. The molecule has 0 saturated carbocycles. The summed E-state index contributed by atoms with van der Waals surface area (Å²) >= 11 is 0. The van der Waals surface area contributed by atoms with Gasteiger partial charge in [-0.15, -0.1) is 0 Å². The first kappa shape index (κ1) is 16.5. The zero-order valence-corrected chi connectivity index (χ0v) is 13.8. The van der Waals surface area contributed by atoms with Gasteiger partial charge >= 0.3 is 0 Å². The van der Waals surface area contributed by atoms with Gasteiger partial charge in [0, 0.05) is 37.9 Å². The van der Waals surface area contributed by atoms with Crippen LogP contribution in [0.3, 0.4) is 0 Å². The molecule has 5 nitrogen and oxygen atoms in total. The molecule has 0 spiro atoms. The second kappa shape index (κ2) is 7.47. The van der Waals surface area contributed by atoms with Gasteiger partial charge < -0.3 is 15.7 Å². The maximum atomic E-state index is 12.5. The highest BCUT2D eigenvalue weighted by molar-refractivity contribution is 5.85. The molecule has 5 heteroatoms. The quantitative estimate of drug-likeness (QED) is 0.786. The van der Waals surface area contributed by atoms with Crippen molar-refractivity contribution in [2.75, 3.05) is 32.0 Å². The minimum atomic E-state index is -0.624. The van der Waals surface area contributed by atoms with Crippen molar-refractivity contribution in [1.82, 2.24) is 10.2 Å². The fourth-order valence-corrected chi connectivity index (χ4v) is 3.21. The van der Waals surface area contributed by atoms with Crippen LogP contribution in [0, 0.1) is 0 Å². The number of aliphatic hydroxyl groups is 1. The number of carbonyl (C=O) groups excluding carboxylic acids is 1. The van der Waals surface area contributed by atoms with Gasteiger partial charge in [-0.05, 0) is 11.6 Å². The third-order valence-electron chi connectivity index (χ3n) is 4.43. The summed E-state index contributed by atoms with van der Waals surface area (Å²) in [5.41, 5.74) is 2.72. The van der Waals surface area contributed by atoms with Gasteiger partial charge in [0.1, 0.15) is 6.04 Å². The molecule has 2 atom stereocenters. The lowest BCUT2D eigenvalue weighted by atomic mass is 9.99. The van der Waals surface area contributed by atoms with E-state index in [1.54, 1.807) is 0 Å². The van der Waals surface area contributed by atoms with E-state index in [9.17, 15) is 9.90 Å². The lowest BCUT2D eigenvalue weighted by molar-refractivity contribution is -0.130. The van der Waals surface area contributed by atoms with E-state index in [0.29, 0.717) is 19.6 Å². The maximum absolute atomic E-state index is 12.5. The molecule has 1 aliphatic rings. The number of rotatable bonds is 5. The number of piperazine rings is 1. The molecule has 1 saturated heterocycles. The van der Waals surface area contributed by atoms with Gasteiger partial charge in [-0.3, -0.25) is 9.69 Å². The lowest BCUT2D eigenvalue weighted by Crippen LogP contribution is -2.51. The number of β-amino-alcohol motifs (C(OH)–C–C–N with tert-alkyl or cyclic N) is 1. The monoisotopic (exact) mass is 325 g/mol. The van der Waals surface area contributed by atoms with Crippen molar-refractivity contribution >= 4 is 11.6 Å². The van der Waals surface area contributed by atoms with Crippen LogP contribution in [0.4, 0.5) is 5.69 Å². The number of hydrogen-bond acceptors (Lipinski definition) is 4. The van der Waals surface area contributed by atoms with Crippen LogP contribution in [0.5, 0.6) is 0 Å². The number of aliphatic hydroxyl groups excluding tert-OH is 1. The molecule has 1 amide bonds. The zero-order chi connectivity index (χ0) is 16.9. The second-order valence-electron chi connectivity index (χ2n) is 5.95. The number of para-hydroxylation sites is 1. The summed E-state index contributed by atoms with van der Waals surface area (Å²) in [4.78, 5) is 14.6. The molecule has 24 heavy (non-hydrogen) atoms. The molecule has 2 unspecified atom stereocenters. The normalized spacial score (nSPS) is 19.6. The Balaban J connectivity index is 1.86. The summed E-state index contributed by atoms with van der Waals surface area (Å²) in [6, 6.07) is 17.0. The van der Waals surface area contributed by atoms with E-state index in [2.05, 4.69) is 10.6 Å². The Morgan fingerprint density at radius 3 is 2.67 bits per heavy atom. The molecule has 1 aliphatic heterocycles. The Hall–Kier alpha value is -2.37.